The van der Waals surface area contributed by atoms with E-state index in [-0.39, 0.29) is 5.75 Å². The van der Waals surface area contributed by atoms with Crippen LogP contribution in [-0.2, 0) is 9.84 Å². The zero-order chi connectivity index (χ0) is 9.73. The second-order valence-electron chi connectivity index (χ2n) is 2.66. The normalized spacial score (nSPS) is 12.1. The first kappa shape index (κ1) is 9.99. The van der Waals surface area contributed by atoms with Crippen molar-refractivity contribution in [1.82, 2.24) is 0 Å². The standard InChI is InChI=1S/C10H12O2S/c1-2-3-9-13(11,12)10-7-5-4-6-8-10/h2-8H,9H2,1H3. The molecule has 1 rings (SSSR count). The van der Waals surface area contributed by atoms with E-state index in [1.807, 2.05) is 0 Å². The predicted octanol–water partition coefficient (Wildman–Crippen LogP) is 2.04. The van der Waals surface area contributed by atoms with E-state index in [1.54, 1.807) is 49.4 Å². The molecule has 0 aromatic heterocycles. The van der Waals surface area contributed by atoms with Gasteiger partial charge in [0.25, 0.3) is 0 Å². The number of hydrogen-bond donors (Lipinski definition) is 0. The molecule has 0 radical (unpaired) electrons. The smallest absolute Gasteiger partial charge is 0.181 e. The quantitative estimate of drug-likeness (QED) is 0.693. The fourth-order valence-electron chi connectivity index (χ4n) is 0.947. The second kappa shape index (κ2) is 4.23. The van der Waals surface area contributed by atoms with Crippen LogP contribution in [0.4, 0.5) is 0 Å². The molecule has 0 atom stereocenters. The summed E-state index contributed by atoms with van der Waals surface area (Å²) in [5.74, 6) is 0.0769. The molecule has 2 nitrogen and oxygen atoms in total. The lowest BCUT2D eigenvalue weighted by atomic mass is 10.4. The molecule has 0 aliphatic rings. The lowest BCUT2D eigenvalue weighted by Crippen LogP contribution is -2.03. The second-order valence-corrected chi connectivity index (χ2v) is 4.70. The molecule has 0 saturated carbocycles. The van der Waals surface area contributed by atoms with Gasteiger partial charge in [0, 0.05) is 0 Å². The van der Waals surface area contributed by atoms with Crippen molar-refractivity contribution in [3.8, 4) is 0 Å². The highest BCUT2D eigenvalue weighted by Crippen LogP contribution is 2.09. The van der Waals surface area contributed by atoms with Gasteiger partial charge >= 0.3 is 0 Å². The van der Waals surface area contributed by atoms with E-state index in [0.717, 1.165) is 0 Å². The Bertz CT molecular complexity index is 377. The van der Waals surface area contributed by atoms with E-state index >= 15 is 0 Å². The van der Waals surface area contributed by atoms with Crippen molar-refractivity contribution in [1.29, 1.82) is 0 Å². The van der Waals surface area contributed by atoms with Crippen LogP contribution in [0.25, 0.3) is 0 Å². The fraction of sp³-hybridized carbons (Fsp3) is 0.200. The molecule has 0 aliphatic carbocycles. The maximum absolute atomic E-state index is 11.5. The average Bonchev–Trinajstić information content (AvgIpc) is 2.16. The average molecular weight is 196 g/mol. The number of sulfone groups is 1. The highest BCUT2D eigenvalue weighted by molar-refractivity contribution is 7.91. The van der Waals surface area contributed by atoms with Gasteiger partial charge in [-0.05, 0) is 19.1 Å². The summed E-state index contributed by atoms with van der Waals surface area (Å²) in [4.78, 5) is 0.383. The van der Waals surface area contributed by atoms with Crippen LogP contribution < -0.4 is 0 Å². The third kappa shape index (κ3) is 2.70. The van der Waals surface area contributed by atoms with Crippen LogP contribution in [0.15, 0.2) is 47.4 Å². The first-order chi connectivity index (χ1) is 6.17. The van der Waals surface area contributed by atoms with Crippen molar-refractivity contribution in [2.24, 2.45) is 0 Å². The molecule has 0 aliphatic heterocycles. The summed E-state index contributed by atoms with van der Waals surface area (Å²) in [5.41, 5.74) is 0. The van der Waals surface area contributed by atoms with E-state index < -0.39 is 9.84 Å². The third-order valence-electron chi connectivity index (χ3n) is 1.65. The molecule has 0 fully saturated rings. The van der Waals surface area contributed by atoms with Crippen LogP contribution in [0.3, 0.4) is 0 Å². The molecule has 1 aromatic carbocycles. The molecule has 1 aromatic rings. The van der Waals surface area contributed by atoms with E-state index in [2.05, 4.69) is 0 Å². The van der Waals surface area contributed by atoms with Crippen molar-refractivity contribution in [3.05, 3.63) is 42.5 Å². The third-order valence-corrected chi connectivity index (χ3v) is 3.28. The van der Waals surface area contributed by atoms with Crippen LogP contribution >= 0.6 is 0 Å². The van der Waals surface area contributed by atoms with E-state index in [4.69, 9.17) is 0 Å². The van der Waals surface area contributed by atoms with Gasteiger partial charge in [0.15, 0.2) is 9.84 Å². The molecule has 0 N–H and O–H groups in total. The Kier molecular flexibility index (Phi) is 3.25. The summed E-state index contributed by atoms with van der Waals surface area (Å²) in [7, 11) is -3.11. The lowest BCUT2D eigenvalue weighted by Gasteiger charge is -1.99. The monoisotopic (exact) mass is 196 g/mol. The van der Waals surface area contributed by atoms with Crippen molar-refractivity contribution >= 4 is 9.84 Å². The lowest BCUT2D eigenvalue weighted by molar-refractivity contribution is 0.599. The number of hydrogen-bond acceptors (Lipinski definition) is 2. The first-order valence-electron chi connectivity index (χ1n) is 4.06. The van der Waals surface area contributed by atoms with Gasteiger partial charge < -0.3 is 0 Å². The van der Waals surface area contributed by atoms with Crippen molar-refractivity contribution in [3.63, 3.8) is 0 Å². The zero-order valence-electron chi connectivity index (χ0n) is 7.47. The summed E-state index contributed by atoms with van der Waals surface area (Å²) in [6.07, 6.45) is 3.38. The van der Waals surface area contributed by atoms with Crippen LogP contribution in [0.2, 0.25) is 0 Å². The number of rotatable bonds is 3. The van der Waals surface area contributed by atoms with E-state index in [0.29, 0.717) is 4.90 Å². The predicted molar refractivity (Wildman–Crippen MR) is 53.3 cm³/mol. The molecule has 0 amide bonds. The molecule has 70 valence electrons. The van der Waals surface area contributed by atoms with Crippen LogP contribution in [0.5, 0.6) is 0 Å². The molecule has 0 unspecified atom stereocenters. The van der Waals surface area contributed by atoms with E-state index in [9.17, 15) is 8.42 Å². The van der Waals surface area contributed by atoms with Crippen LogP contribution in [0, 0.1) is 0 Å². The summed E-state index contributed by atoms with van der Waals surface area (Å²) >= 11 is 0. The summed E-state index contributed by atoms with van der Waals surface area (Å²) in [5, 5.41) is 0. The van der Waals surface area contributed by atoms with Crippen molar-refractivity contribution in [2.75, 3.05) is 5.75 Å². The minimum atomic E-state index is -3.11. The van der Waals surface area contributed by atoms with Crippen LogP contribution in [0.1, 0.15) is 6.92 Å². The highest BCUT2D eigenvalue weighted by atomic mass is 32.2. The minimum Gasteiger partial charge on any atom is -0.223 e. The minimum absolute atomic E-state index is 0.0769. The van der Waals surface area contributed by atoms with Gasteiger partial charge in [0.05, 0.1) is 10.6 Å². The Labute approximate surface area is 78.8 Å². The Morgan fingerprint density at radius 2 is 1.85 bits per heavy atom. The van der Waals surface area contributed by atoms with Gasteiger partial charge in [0.1, 0.15) is 0 Å². The molecule has 3 heteroatoms. The Hall–Kier alpha value is -1.09. The molecule has 0 heterocycles. The SMILES string of the molecule is CC=CCS(=O)(=O)c1ccccc1. The van der Waals surface area contributed by atoms with Gasteiger partial charge in [-0.1, -0.05) is 30.4 Å². The largest absolute Gasteiger partial charge is 0.223 e. The maximum atomic E-state index is 11.5. The Balaban J connectivity index is 2.95. The molecule has 0 spiro atoms. The van der Waals surface area contributed by atoms with Gasteiger partial charge in [-0.15, -0.1) is 0 Å². The molecule has 13 heavy (non-hydrogen) atoms. The molecular formula is C10H12O2S. The number of allylic oxidation sites excluding steroid dienone is 1. The molecule has 0 saturated heterocycles. The van der Waals surface area contributed by atoms with Crippen LogP contribution in [-0.4, -0.2) is 14.2 Å². The number of benzene rings is 1. The summed E-state index contributed by atoms with van der Waals surface area (Å²) in [6.45, 7) is 1.81. The molecular weight excluding hydrogens is 184 g/mol. The topological polar surface area (TPSA) is 34.1 Å². The zero-order valence-corrected chi connectivity index (χ0v) is 8.29. The summed E-state index contributed by atoms with van der Waals surface area (Å²) < 4.78 is 23.1. The maximum Gasteiger partial charge on any atom is 0.181 e. The van der Waals surface area contributed by atoms with E-state index in [1.165, 1.54) is 0 Å². The Morgan fingerprint density at radius 3 is 2.38 bits per heavy atom. The highest BCUT2D eigenvalue weighted by Gasteiger charge is 2.10. The molecule has 0 bridgehead atoms. The first-order valence-corrected chi connectivity index (χ1v) is 5.71. The van der Waals surface area contributed by atoms with Gasteiger partial charge in [0.2, 0.25) is 0 Å². The Morgan fingerprint density at radius 1 is 1.23 bits per heavy atom. The van der Waals surface area contributed by atoms with Gasteiger partial charge in [-0.2, -0.15) is 0 Å². The van der Waals surface area contributed by atoms with Crippen molar-refractivity contribution in [2.45, 2.75) is 11.8 Å². The van der Waals surface area contributed by atoms with Gasteiger partial charge in [-0.3, -0.25) is 0 Å². The van der Waals surface area contributed by atoms with Gasteiger partial charge in [-0.25, -0.2) is 8.42 Å². The van der Waals surface area contributed by atoms with Crippen molar-refractivity contribution < 1.29 is 8.42 Å². The summed E-state index contributed by atoms with van der Waals surface area (Å²) in [6, 6.07) is 8.47. The fourth-order valence-corrected chi connectivity index (χ4v) is 2.16.